The number of hydrogen-bond donors (Lipinski definition) is 0. The molecule has 1 nitrogen and oxygen atoms in total. The maximum Gasteiger partial charge on any atom is 0.122 e. The zero-order valence-electron chi connectivity index (χ0n) is 11.5. The van der Waals surface area contributed by atoms with E-state index in [0.717, 1.165) is 12.4 Å². The molecule has 1 atom stereocenters. The number of para-hydroxylation sites is 1. The van der Waals surface area contributed by atoms with Crippen molar-refractivity contribution in [2.45, 2.75) is 47.0 Å². The molecule has 1 heteroatoms. The van der Waals surface area contributed by atoms with Crippen LogP contribution in [0.3, 0.4) is 0 Å². The van der Waals surface area contributed by atoms with Gasteiger partial charge in [-0.15, -0.1) is 0 Å². The zero-order valence-corrected chi connectivity index (χ0v) is 11.5. The number of benzene rings is 1. The third kappa shape index (κ3) is 2.34. The normalized spacial score (nSPS) is 27.1. The Kier molecular flexibility index (Phi) is 3.20. The van der Waals surface area contributed by atoms with Gasteiger partial charge in [-0.25, -0.2) is 0 Å². The average molecular weight is 232 g/mol. The van der Waals surface area contributed by atoms with Gasteiger partial charge in [0, 0.05) is 5.41 Å². The molecule has 17 heavy (non-hydrogen) atoms. The van der Waals surface area contributed by atoms with E-state index in [4.69, 9.17) is 4.74 Å². The summed E-state index contributed by atoms with van der Waals surface area (Å²) in [5.41, 5.74) is 1.94. The quantitative estimate of drug-likeness (QED) is 0.740. The molecule has 1 aromatic rings. The van der Waals surface area contributed by atoms with Gasteiger partial charge in [-0.3, -0.25) is 0 Å². The third-order valence-electron chi connectivity index (χ3n) is 4.80. The van der Waals surface area contributed by atoms with Crippen LogP contribution in [0.1, 0.15) is 45.6 Å². The molecule has 0 radical (unpaired) electrons. The molecule has 0 unspecified atom stereocenters. The molecular weight excluding hydrogens is 208 g/mol. The second-order valence-electron chi connectivity index (χ2n) is 6.35. The summed E-state index contributed by atoms with van der Waals surface area (Å²) in [6.45, 7) is 10.1. The molecule has 1 aromatic carbocycles. The highest BCUT2D eigenvalue weighted by Crippen LogP contribution is 2.52. The van der Waals surface area contributed by atoms with E-state index in [1.807, 2.05) is 6.07 Å². The molecule has 1 saturated carbocycles. The van der Waals surface area contributed by atoms with E-state index in [9.17, 15) is 0 Å². The Morgan fingerprint density at radius 3 is 2.41 bits per heavy atom. The Labute approximate surface area is 105 Å². The molecule has 1 fully saturated rings. The molecule has 0 aliphatic heterocycles. The minimum absolute atomic E-state index is 0.315. The van der Waals surface area contributed by atoms with E-state index in [0.29, 0.717) is 10.8 Å². The van der Waals surface area contributed by atoms with Gasteiger partial charge in [0.25, 0.3) is 0 Å². The highest BCUT2D eigenvalue weighted by molar-refractivity contribution is 5.31. The van der Waals surface area contributed by atoms with E-state index in [-0.39, 0.29) is 0 Å². The molecule has 1 aliphatic carbocycles. The first-order valence-corrected chi connectivity index (χ1v) is 6.63. The van der Waals surface area contributed by atoms with Gasteiger partial charge in [-0.05, 0) is 36.8 Å². The van der Waals surface area contributed by atoms with Crippen LogP contribution < -0.4 is 4.74 Å². The van der Waals surface area contributed by atoms with Gasteiger partial charge in [0.15, 0.2) is 0 Å². The van der Waals surface area contributed by atoms with Crippen molar-refractivity contribution in [1.82, 2.24) is 0 Å². The van der Waals surface area contributed by atoms with Crippen molar-refractivity contribution >= 4 is 0 Å². The summed E-state index contributed by atoms with van der Waals surface area (Å²) in [7, 11) is 0. The predicted octanol–water partition coefficient (Wildman–Crippen LogP) is 4.59. The molecule has 0 aromatic heterocycles. The second kappa shape index (κ2) is 4.36. The molecule has 2 rings (SSSR count). The van der Waals surface area contributed by atoms with Gasteiger partial charge in [0.05, 0.1) is 6.61 Å². The topological polar surface area (TPSA) is 9.23 Å². The fourth-order valence-electron chi connectivity index (χ4n) is 2.78. The summed E-state index contributed by atoms with van der Waals surface area (Å²) in [6.07, 6.45) is 3.94. The molecular formula is C16H24O. The fourth-order valence-corrected chi connectivity index (χ4v) is 2.78. The molecule has 0 bridgehead atoms. The van der Waals surface area contributed by atoms with Crippen LogP contribution >= 0.6 is 0 Å². The lowest BCUT2D eigenvalue weighted by Crippen LogP contribution is -2.35. The molecule has 94 valence electrons. The number of rotatable bonds is 3. The summed E-state index contributed by atoms with van der Waals surface area (Å²) < 4.78 is 6.06. The minimum Gasteiger partial charge on any atom is -0.493 e. The Balaban J connectivity index is 2.06. The summed E-state index contributed by atoms with van der Waals surface area (Å²) in [5.74, 6) is 1.04. The second-order valence-corrected chi connectivity index (χ2v) is 6.35. The SMILES string of the molecule is Cc1ccccc1OC[C@]1(C)CCCC1(C)C. The number of aryl methyl sites for hydroxylation is 1. The van der Waals surface area contributed by atoms with Crippen LogP contribution in [0.4, 0.5) is 0 Å². The molecule has 0 spiro atoms. The Bertz CT molecular complexity index is 394. The predicted molar refractivity (Wildman–Crippen MR) is 72.4 cm³/mol. The lowest BCUT2D eigenvalue weighted by atomic mass is 9.70. The van der Waals surface area contributed by atoms with E-state index in [1.165, 1.54) is 24.8 Å². The van der Waals surface area contributed by atoms with E-state index >= 15 is 0 Å². The summed E-state index contributed by atoms with van der Waals surface area (Å²) in [6, 6.07) is 8.28. The van der Waals surface area contributed by atoms with Gasteiger partial charge in [-0.2, -0.15) is 0 Å². The standard InChI is InChI=1S/C16H24O/c1-13-8-5-6-9-14(13)17-12-16(4)11-7-10-15(16,2)3/h5-6,8-9H,7,10-12H2,1-4H3/t16-/m0/s1. The van der Waals surface area contributed by atoms with Crippen LogP contribution in [0.5, 0.6) is 5.75 Å². The van der Waals surface area contributed by atoms with Crippen LogP contribution in [0, 0.1) is 17.8 Å². The van der Waals surface area contributed by atoms with E-state index in [2.05, 4.69) is 45.9 Å². The van der Waals surface area contributed by atoms with Gasteiger partial charge in [0.1, 0.15) is 5.75 Å². The van der Waals surface area contributed by atoms with Crippen molar-refractivity contribution in [3.63, 3.8) is 0 Å². The Hall–Kier alpha value is -0.980. The van der Waals surface area contributed by atoms with Crippen molar-refractivity contribution in [1.29, 1.82) is 0 Å². The first kappa shape index (κ1) is 12.5. The van der Waals surface area contributed by atoms with E-state index in [1.54, 1.807) is 0 Å². The zero-order chi connectivity index (χ0) is 12.5. The summed E-state index contributed by atoms with van der Waals surface area (Å²) in [5, 5.41) is 0. The lowest BCUT2D eigenvalue weighted by molar-refractivity contribution is 0.0618. The van der Waals surface area contributed by atoms with E-state index < -0.39 is 0 Å². The Morgan fingerprint density at radius 2 is 1.82 bits per heavy atom. The van der Waals surface area contributed by atoms with Crippen molar-refractivity contribution in [3.05, 3.63) is 29.8 Å². The number of hydrogen-bond acceptors (Lipinski definition) is 1. The first-order chi connectivity index (χ1) is 7.95. The minimum atomic E-state index is 0.315. The molecule has 0 N–H and O–H groups in total. The lowest BCUT2D eigenvalue weighted by Gasteiger charge is -2.38. The number of ether oxygens (including phenoxy) is 1. The monoisotopic (exact) mass is 232 g/mol. The highest BCUT2D eigenvalue weighted by Gasteiger charge is 2.45. The Morgan fingerprint density at radius 1 is 1.12 bits per heavy atom. The molecule has 1 aliphatic rings. The van der Waals surface area contributed by atoms with Crippen LogP contribution in [0.2, 0.25) is 0 Å². The average Bonchev–Trinajstić information content (AvgIpc) is 2.53. The van der Waals surface area contributed by atoms with Crippen LogP contribution in [-0.4, -0.2) is 6.61 Å². The van der Waals surface area contributed by atoms with Crippen molar-refractivity contribution in [2.24, 2.45) is 10.8 Å². The first-order valence-electron chi connectivity index (χ1n) is 6.63. The van der Waals surface area contributed by atoms with Crippen LogP contribution in [-0.2, 0) is 0 Å². The molecule has 0 saturated heterocycles. The van der Waals surface area contributed by atoms with Gasteiger partial charge >= 0.3 is 0 Å². The largest absolute Gasteiger partial charge is 0.493 e. The van der Waals surface area contributed by atoms with Gasteiger partial charge < -0.3 is 4.74 Å². The van der Waals surface area contributed by atoms with Crippen LogP contribution in [0.15, 0.2) is 24.3 Å². The van der Waals surface area contributed by atoms with Crippen molar-refractivity contribution < 1.29 is 4.74 Å². The van der Waals surface area contributed by atoms with Gasteiger partial charge in [0.2, 0.25) is 0 Å². The van der Waals surface area contributed by atoms with Crippen molar-refractivity contribution in [2.75, 3.05) is 6.61 Å². The maximum absolute atomic E-state index is 6.06. The van der Waals surface area contributed by atoms with Gasteiger partial charge in [-0.1, -0.05) is 45.4 Å². The smallest absolute Gasteiger partial charge is 0.122 e. The van der Waals surface area contributed by atoms with Crippen LogP contribution in [0.25, 0.3) is 0 Å². The molecule has 0 amide bonds. The summed E-state index contributed by atoms with van der Waals surface area (Å²) in [4.78, 5) is 0. The van der Waals surface area contributed by atoms with Crippen molar-refractivity contribution in [3.8, 4) is 5.75 Å². The highest BCUT2D eigenvalue weighted by atomic mass is 16.5. The fraction of sp³-hybridized carbons (Fsp3) is 0.625. The molecule has 0 heterocycles. The maximum atomic E-state index is 6.06. The third-order valence-corrected chi connectivity index (χ3v) is 4.80. The summed E-state index contributed by atoms with van der Waals surface area (Å²) >= 11 is 0.